The van der Waals surface area contributed by atoms with Gasteiger partial charge in [-0.25, -0.2) is 0 Å². The van der Waals surface area contributed by atoms with E-state index in [9.17, 15) is 4.79 Å². The predicted molar refractivity (Wildman–Crippen MR) is 81.9 cm³/mol. The molecule has 0 aliphatic heterocycles. The number of nitrogens with zero attached hydrogens (tertiary/aromatic N) is 1. The monoisotopic (exact) mass is 298 g/mol. The number of likely N-dealkylation sites (N-methyl/N-ethyl adjacent to an activating group) is 1. The molecular formula is C16H30N2O3. The van der Waals surface area contributed by atoms with Crippen molar-refractivity contribution >= 4 is 5.91 Å². The Labute approximate surface area is 128 Å². The van der Waals surface area contributed by atoms with Gasteiger partial charge in [0, 0.05) is 38.6 Å². The summed E-state index contributed by atoms with van der Waals surface area (Å²) in [5, 5.41) is 0. The SMILES string of the molecule is CCOC1CC(N)(C(=O)N(C)CCOCC2CC2)C1(C)C. The van der Waals surface area contributed by atoms with Gasteiger partial charge in [-0.1, -0.05) is 13.8 Å². The maximum absolute atomic E-state index is 12.6. The number of nitrogens with two attached hydrogens (primary N) is 1. The van der Waals surface area contributed by atoms with E-state index in [1.54, 1.807) is 4.90 Å². The molecule has 0 heterocycles. The Morgan fingerprint density at radius 2 is 2.05 bits per heavy atom. The molecule has 5 heteroatoms. The van der Waals surface area contributed by atoms with Crippen molar-refractivity contribution in [3.05, 3.63) is 0 Å². The molecule has 5 nitrogen and oxygen atoms in total. The van der Waals surface area contributed by atoms with Crippen LogP contribution in [0.25, 0.3) is 0 Å². The van der Waals surface area contributed by atoms with Gasteiger partial charge in [-0.05, 0) is 25.7 Å². The van der Waals surface area contributed by atoms with Crippen molar-refractivity contribution in [1.29, 1.82) is 0 Å². The normalized spacial score (nSPS) is 30.8. The summed E-state index contributed by atoms with van der Waals surface area (Å²) in [5.74, 6) is 0.753. The van der Waals surface area contributed by atoms with E-state index >= 15 is 0 Å². The van der Waals surface area contributed by atoms with Gasteiger partial charge in [-0.2, -0.15) is 0 Å². The van der Waals surface area contributed by atoms with Gasteiger partial charge in [-0.15, -0.1) is 0 Å². The molecule has 2 N–H and O–H groups in total. The van der Waals surface area contributed by atoms with E-state index in [2.05, 4.69) is 0 Å². The van der Waals surface area contributed by atoms with Crippen molar-refractivity contribution in [2.24, 2.45) is 17.1 Å². The molecule has 0 aromatic rings. The second-order valence-corrected chi connectivity index (χ2v) is 7.09. The van der Waals surface area contributed by atoms with Crippen LogP contribution in [0.4, 0.5) is 0 Å². The third-order valence-electron chi connectivity index (χ3n) is 5.18. The van der Waals surface area contributed by atoms with E-state index in [0.717, 1.165) is 12.5 Å². The van der Waals surface area contributed by atoms with E-state index in [1.165, 1.54) is 12.8 Å². The number of hydrogen-bond acceptors (Lipinski definition) is 4. The van der Waals surface area contributed by atoms with E-state index in [4.69, 9.17) is 15.2 Å². The molecule has 0 radical (unpaired) electrons. The van der Waals surface area contributed by atoms with Crippen LogP contribution < -0.4 is 5.73 Å². The summed E-state index contributed by atoms with van der Waals surface area (Å²) in [4.78, 5) is 14.3. The van der Waals surface area contributed by atoms with E-state index < -0.39 is 5.54 Å². The van der Waals surface area contributed by atoms with Crippen LogP contribution in [0, 0.1) is 11.3 Å². The summed E-state index contributed by atoms with van der Waals surface area (Å²) in [6, 6.07) is 0. The number of amides is 1. The number of ether oxygens (including phenoxy) is 2. The van der Waals surface area contributed by atoms with Crippen molar-refractivity contribution in [2.45, 2.75) is 51.7 Å². The fourth-order valence-corrected chi connectivity index (χ4v) is 2.98. The summed E-state index contributed by atoms with van der Waals surface area (Å²) in [7, 11) is 1.81. The quantitative estimate of drug-likeness (QED) is 0.688. The Kier molecular flexibility index (Phi) is 4.96. The molecule has 0 bridgehead atoms. The first kappa shape index (κ1) is 16.7. The van der Waals surface area contributed by atoms with E-state index in [0.29, 0.717) is 26.2 Å². The first-order chi connectivity index (χ1) is 9.83. The minimum atomic E-state index is -0.821. The molecule has 122 valence electrons. The highest BCUT2D eigenvalue weighted by atomic mass is 16.5. The van der Waals surface area contributed by atoms with Crippen molar-refractivity contribution in [2.75, 3.05) is 33.4 Å². The van der Waals surface area contributed by atoms with Gasteiger partial charge in [-0.3, -0.25) is 4.79 Å². The van der Waals surface area contributed by atoms with E-state index in [1.807, 2.05) is 27.8 Å². The highest BCUT2D eigenvalue weighted by Gasteiger charge is 2.63. The lowest BCUT2D eigenvalue weighted by Gasteiger charge is -2.58. The molecule has 2 saturated carbocycles. The summed E-state index contributed by atoms with van der Waals surface area (Å²) < 4.78 is 11.3. The van der Waals surface area contributed by atoms with Gasteiger partial charge in [0.25, 0.3) is 0 Å². The average Bonchev–Trinajstić information content (AvgIpc) is 3.26. The number of carbonyl (C=O) groups is 1. The fraction of sp³-hybridized carbons (Fsp3) is 0.938. The highest BCUT2D eigenvalue weighted by Crippen LogP contribution is 2.50. The predicted octanol–water partition coefficient (Wildman–Crippen LogP) is 1.40. The minimum absolute atomic E-state index is 0.00141. The lowest BCUT2D eigenvalue weighted by Crippen LogP contribution is -2.75. The molecule has 2 aliphatic carbocycles. The zero-order valence-corrected chi connectivity index (χ0v) is 13.9. The number of rotatable bonds is 8. The molecule has 0 aromatic heterocycles. The third-order valence-corrected chi connectivity index (χ3v) is 5.18. The molecule has 2 unspecified atom stereocenters. The Morgan fingerprint density at radius 1 is 1.38 bits per heavy atom. The van der Waals surface area contributed by atoms with Crippen LogP contribution in [-0.2, 0) is 14.3 Å². The molecule has 2 atom stereocenters. The van der Waals surface area contributed by atoms with Crippen molar-refractivity contribution < 1.29 is 14.3 Å². The zero-order chi connectivity index (χ0) is 15.7. The minimum Gasteiger partial charge on any atom is -0.379 e. The summed E-state index contributed by atoms with van der Waals surface area (Å²) in [6.07, 6.45) is 3.23. The van der Waals surface area contributed by atoms with Gasteiger partial charge in [0.2, 0.25) is 5.91 Å². The largest absolute Gasteiger partial charge is 0.379 e. The van der Waals surface area contributed by atoms with Gasteiger partial charge < -0.3 is 20.1 Å². The van der Waals surface area contributed by atoms with Crippen molar-refractivity contribution in [1.82, 2.24) is 4.90 Å². The molecule has 21 heavy (non-hydrogen) atoms. The molecule has 2 rings (SSSR count). The topological polar surface area (TPSA) is 64.8 Å². The Bertz CT molecular complexity index is 382. The molecule has 1 amide bonds. The van der Waals surface area contributed by atoms with Crippen LogP contribution in [0.1, 0.15) is 40.0 Å². The van der Waals surface area contributed by atoms with Crippen LogP contribution >= 0.6 is 0 Å². The number of carbonyl (C=O) groups excluding carboxylic acids is 1. The second-order valence-electron chi connectivity index (χ2n) is 7.09. The Balaban J connectivity index is 1.80. The maximum Gasteiger partial charge on any atom is 0.243 e. The molecule has 0 spiro atoms. The lowest BCUT2D eigenvalue weighted by molar-refractivity contribution is -0.178. The average molecular weight is 298 g/mol. The summed E-state index contributed by atoms with van der Waals surface area (Å²) >= 11 is 0. The second kappa shape index (κ2) is 6.23. The highest BCUT2D eigenvalue weighted by molar-refractivity contribution is 5.88. The molecule has 2 aliphatic rings. The first-order valence-electron chi connectivity index (χ1n) is 8.06. The number of hydrogen-bond donors (Lipinski definition) is 1. The summed E-state index contributed by atoms with van der Waals surface area (Å²) in [6.45, 7) is 8.68. The molecule has 2 fully saturated rings. The van der Waals surface area contributed by atoms with Gasteiger partial charge in [0.15, 0.2) is 0 Å². The molecular weight excluding hydrogens is 268 g/mol. The Morgan fingerprint density at radius 3 is 2.57 bits per heavy atom. The van der Waals surface area contributed by atoms with Crippen LogP contribution in [-0.4, -0.2) is 55.9 Å². The van der Waals surface area contributed by atoms with Crippen molar-refractivity contribution in [3.8, 4) is 0 Å². The smallest absolute Gasteiger partial charge is 0.243 e. The third kappa shape index (κ3) is 3.25. The van der Waals surface area contributed by atoms with Crippen LogP contribution in [0.3, 0.4) is 0 Å². The summed E-state index contributed by atoms with van der Waals surface area (Å²) in [5.41, 5.74) is 5.24. The van der Waals surface area contributed by atoms with E-state index in [-0.39, 0.29) is 17.4 Å². The van der Waals surface area contributed by atoms with Crippen LogP contribution in [0.2, 0.25) is 0 Å². The van der Waals surface area contributed by atoms with Gasteiger partial charge in [0.05, 0.1) is 12.7 Å². The van der Waals surface area contributed by atoms with Gasteiger partial charge in [0.1, 0.15) is 5.54 Å². The van der Waals surface area contributed by atoms with Crippen molar-refractivity contribution in [3.63, 3.8) is 0 Å². The zero-order valence-electron chi connectivity index (χ0n) is 13.9. The Hall–Kier alpha value is -0.650. The van der Waals surface area contributed by atoms with Crippen LogP contribution in [0.15, 0.2) is 0 Å². The maximum atomic E-state index is 12.6. The standard InChI is InChI=1S/C16H30N2O3/c1-5-21-13-10-16(17,15(13,2)3)14(19)18(4)8-9-20-11-12-6-7-12/h12-13H,5-11,17H2,1-4H3. The molecule has 0 saturated heterocycles. The molecule has 0 aromatic carbocycles. The fourth-order valence-electron chi connectivity index (χ4n) is 2.98. The first-order valence-corrected chi connectivity index (χ1v) is 8.06. The van der Waals surface area contributed by atoms with Crippen LogP contribution in [0.5, 0.6) is 0 Å². The lowest BCUT2D eigenvalue weighted by atomic mass is 9.54. The van der Waals surface area contributed by atoms with Gasteiger partial charge >= 0.3 is 0 Å².